The monoisotopic (exact) mass is 504 g/mol. The van der Waals surface area contributed by atoms with E-state index < -0.39 is 29.1 Å². The van der Waals surface area contributed by atoms with Gasteiger partial charge in [0.05, 0.1) is 23.3 Å². The molecule has 1 spiro atoms. The highest BCUT2D eigenvalue weighted by atomic mass is 35.5. The quantitative estimate of drug-likeness (QED) is 0.338. The third kappa shape index (κ3) is 4.22. The van der Waals surface area contributed by atoms with Crippen molar-refractivity contribution in [3.05, 3.63) is 59.8 Å². The Balaban J connectivity index is 1.49. The molecule has 1 saturated carbocycles. The molecule has 5 N–H and O–H groups in total. The van der Waals surface area contributed by atoms with Crippen molar-refractivity contribution in [1.29, 1.82) is 0 Å². The summed E-state index contributed by atoms with van der Waals surface area (Å²) in [6, 6.07) is 9.98. The zero-order valence-corrected chi connectivity index (χ0v) is 18.6. The van der Waals surface area contributed by atoms with Crippen molar-refractivity contribution >= 4 is 34.8 Å². The minimum absolute atomic E-state index is 0.0372. The minimum atomic E-state index is -3.86. The van der Waals surface area contributed by atoms with Gasteiger partial charge in [0, 0.05) is 45.9 Å². The predicted octanol–water partition coefficient (Wildman–Crippen LogP) is 3.20. The molecule has 2 aromatic carbocycles. The van der Waals surface area contributed by atoms with E-state index in [1.165, 1.54) is 36.5 Å². The molecule has 5 rings (SSSR count). The summed E-state index contributed by atoms with van der Waals surface area (Å²) in [7, 11) is 0. The molecule has 182 valence electrons. The van der Waals surface area contributed by atoms with Crippen molar-refractivity contribution in [3.8, 4) is 17.0 Å². The standard InChI is InChI=1S/C23H19ClF2N4O5/c24-23(25,26)35-13-3-1-12(2-4-13)28-20(33)11-7-14(15-5-6-27-30-15)19-16(8-11)29-21(34)22(19)9-17(31)18(32)10-22/h1-8,17-18,31-32H,9-10H2,(H,27,30)(H,28,33)(H,29,34). The van der Waals surface area contributed by atoms with Crippen LogP contribution in [0.1, 0.15) is 28.8 Å². The number of amides is 2. The van der Waals surface area contributed by atoms with Gasteiger partial charge in [-0.1, -0.05) is 0 Å². The fraction of sp³-hybridized carbons (Fsp3) is 0.261. The number of carbonyl (C=O) groups is 2. The van der Waals surface area contributed by atoms with E-state index in [0.29, 0.717) is 28.2 Å². The van der Waals surface area contributed by atoms with Gasteiger partial charge in [0.1, 0.15) is 5.75 Å². The summed E-state index contributed by atoms with van der Waals surface area (Å²) in [5.74, 6) is -1.07. The van der Waals surface area contributed by atoms with Crippen molar-refractivity contribution in [2.24, 2.45) is 0 Å². The van der Waals surface area contributed by atoms with Gasteiger partial charge in [-0.3, -0.25) is 14.7 Å². The number of nitrogens with one attached hydrogen (secondary N) is 3. The van der Waals surface area contributed by atoms with Gasteiger partial charge >= 0.3 is 5.57 Å². The maximum atomic E-state index is 13.0. The SMILES string of the molecule is O=C(Nc1ccc(OC(F)(F)Cl)cc1)c1cc2c(c(-c3ccn[nH]3)c1)C1(CC(O)C(O)C1)C(=O)N2. The van der Waals surface area contributed by atoms with Gasteiger partial charge in [-0.15, -0.1) is 8.78 Å². The Bertz CT molecular complexity index is 1280. The Morgan fingerprint density at radius 1 is 1.17 bits per heavy atom. The second-order valence-electron chi connectivity index (χ2n) is 8.52. The third-order valence-electron chi connectivity index (χ3n) is 6.26. The molecule has 2 aliphatic rings. The van der Waals surface area contributed by atoms with E-state index in [1.807, 2.05) is 0 Å². The lowest BCUT2D eigenvalue weighted by molar-refractivity contribution is -0.121. The molecular weight excluding hydrogens is 486 g/mol. The molecule has 3 aromatic rings. The summed E-state index contributed by atoms with van der Waals surface area (Å²) >= 11 is 4.76. The fourth-order valence-electron chi connectivity index (χ4n) is 4.76. The number of aromatic nitrogens is 2. The molecule has 0 saturated heterocycles. The number of H-pyrrole nitrogens is 1. The van der Waals surface area contributed by atoms with Crippen LogP contribution in [0.4, 0.5) is 20.2 Å². The molecule has 1 aliphatic heterocycles. The highest BCUT2D eigenvalue weighted by Crippen LogP contribution is 2.52. The summed E-state index contributed by atoms with van der Waals surface area (Å²) in [6.07, 6.45) is -0.521. The van der Waals surface area contributed by atoms with E-state index in [9.17, 15) is 28.6 Å². The van der Waals surface area contributed by atoms with Crippen LogP contribution in [0.25, 0.3) is 11.3 Å². The number of nitrogens with zero attached hydrogens (tertiary/aromatic N) is 1. The van der Waals surface area contributed by atoms with Crippen LogP contribution < -0.4 is 15.4 Å². The third-order valence-corrected chi connectivity index (χ3v) is 6.34. The fourth-order valence-corrected chi connectivity index (χ4v) is 4.85. The molecule has 1 aliphatic carbocycles. The number of aliphatic hydroxyl groups is 2. The number of carbonyl (C=O) groups excluding carboxylic acids is 2. The number of alkyl halides is 3. The number of aliphatic hydroxyl groups excluding tert-OH is 2. The average molecular weight is 505 g/mol. The van der Waals surface area contributed by atoms with E-state index in [1.54, 1.807) is 12.1 Å². The zero-order valence-electron chi connectivity index (χ0n) is 17.9. The molecule has 2 atom stereocenters. The molecule has 2 amide bonds. The highest BCUT2D eigenvalue weighted by Gasteiger charge is 2.56. The number of aromatic amines is 1. The van der Waals surface area contributed by atoms with Crippen LogP contribution in [-0.4, -0.2) is 50.0 Å². The van der Waals surface area contributed by atoms with Crippen molar-refractivity contribution < 1.29 is 33.3 Å². The van der Waals surface area contributed by atoms with E-state index in [-0.39, 0.29) is 30.1 Å². The number of fused-ring (bicyclic) bond motifs is 2. The lowest BCUT2D eigenvalue weighted by atomic mass is 9.76. The van der Waals surface area contributed by atoms with Gasteiger partial charge < -0.3 is 25.6 Å². The first-order valence-electron chi connectivity index (χ1n) is 10.6. The molecule has 0 bridgehead atoms. The molecule has 12 heteroatoms. The molecule has 1 fully saturated rings. The van der Waals surface area contributed by atoms with Gasteiger partial charge in [0.15, 0.2) is 0 Å². The van der Waals surface area contributed by atoms with E-state index in [0.717, 1.165) is 0 Å². The van der Waals surface area contributed by atoms with Gasteiger partial charge in [0.2, 0.25) is 5.91 Å². The normalized spacial score (nSPS) is 23.3. The smallest absolute Gasteiger partial charge is 0.420 e. The van der Waals surface area contributed by atoms with Crippen LogP contribution in [0, 0.1) is 0 Å². The number of rotatable bonds is 5. The summed E-state index contributed by atoms with van der Waals surface area (Å²) in [5, 5.41) is 32.7. The van der Waals surface area contributed by atoms with Crippen LogP contribution in [0.3, 0.4) is 0 Å². The van der Waals surface area contributed by atoms with Crippen molar-refractivity contribution in [2.75, 3.05) is 10.6 Å². The molecule has 0 radical (unpaired) electrons. The van der Waals surface area contributed by atoms with Crippen molar-refractivity contribution in [2.45, 2.75) is 36.0 Å². The van der Waals surface area contributed by atoms with E-state index >= 15 is 0 Å². The lowest BCUT2D eigenvalue weighted by Crippen LogP contribution is -2.32. The Morgan fingerprint density at radius 3 is 2.46 bits per heavy atom. The van der Waals surface area contributed by atoms with Crippen LogP contribution in [0.5, 0.6) is 5.75 Å². The molecule has 1 aromatic heterocycles. The Labute approximate surface area is 202 Å². The summed E-state index contributed by atoms with van der Waals surface area (Å²) in [5.41, 5.74) is -2.45. The number of hydrogen-bond donors (Lipinski definition) is 5. The molecule has 2 heterocycles. The average Bonchev–Trinajstić information content (AvgIpc) is 3.48. The summed E-state index contributed by atoms with van der Waals surface area (Å²) < 4.78 is 29.8. The second-order valence-corrected chi connectivity index (χ2v) is 8.96. The summed E-state index contributed by atoms with van der Waals surface area (Å²) in [6.45, 7) is 0. The van der Waals surface area contributed by atoms with Crippen molar-refractivity contribution in [1.82, 2.24) is 10.2 Å². The van der Waals surface area contributed by atoms with Gasteiger partial charge in [-0.05, 0) is 55.3 Å². The first kappa shape index (κ1) is 23.2. The zero-order chi connectivity index (χ0) is 25.0. The number of halogens is 3. The Morgan fingerprint density at radius 2 is 1.86 bits per heavy atom. The number of hydrogen-bond acceptors (Lipinski definition) is 6. The Kier molecular flexibility index (Phi) is 5.50. The Hall–Kier alpha value is -3.54. The van der Waals surface area contributed by atoms with Crippen LogP contribution in [-0.2, 0) is 10.2 Å². The highest BCUT2D eigenvalue weighted by molar-refractivity contribution is 6.20. The van der Waals surface area contributed by atoms with Crippen molar-refractivity contribution in [3.63, 3.8) is 0 Å². The van der Waals surface area contributed by atoms with Crippen LogP contribution in [0.2, 0.25) is 0 Å². The summed E-state index contributed by atoms with van der Waals surface area (Å²) in [4.78, 5) is 26.1. The first-order chi connectivity index (χ1) is 16.6. The topological polar surface area (TPSA) is 137 Å². The molecule has 35 heavy (non-hydrogen) atoms. The maximum absolute atomic E-state index is 13.0. The molecule has 2 unspecified atom stereocenters. The van der Waals surface area contributed by atoms with Crippen LogP contribution in [0.15, 0.2) is 48.7 Å². The predicted molar refractivity (Wildman–Crippen MR) is 121 cm³/mol. The van der Waals surface area contributed by atoms with E-state index in [2.05, 4.69) is 25.6 Å². The van der Waals surface area contributed by atoms with E-state index in [4.69, 9.17) is 11.6 Å². The largest absolute Gasteiger partial charge is 0.487 e. The second kappa shape index (κ2) is 8.29. The number of ether oxygens (including phenoxy) is 1. The first-order valence-corrected chi connectivity index (χ1v) is 11.0. The van der Waals surface area contributed by atoms with Gasteiger partial charge in [-0.25, -0.2) is 0 Å². The minimum Gasteiger partial charge on any atom is -0.420 e. The number of benzene rings is 2. The van der Waals surface area contributed by atoms with Crippen LogP contribution >= 0.6 is 11.6 Å². The lowest BCUT2D eigenvalue weighted by Gasteiger charge is -2.23. The maximum Gasteiger partial charge on any atom is 0.487 e. The van der Waals surface area contributed by atoms with Gasteiger partial charge in [-0.2, -0.15) is 5.10 Å². The molecule has 9 nitrogen and oxygen atoms in total. The molecular formula is C23H19ClF2N4O5. The van der Waals surface area contributed by atoms with Gasteiger partial charge in [0.25, 0.3) is 5.91 Å². The number of anilines is 2.